The molecule has 0 amide bonds. The van der Waals surface area contributed by atoms with E-state index >= 15 is 0 Å². The second-order valence-electron chi connectivity index (χ2n) is 5.81. The molecule has 2 aromatic carbocycles. The molecule has 0 saturated heterocycles. The number of carbonyl (C=O) groups excluding carboxylic acids is 1. The maximum Gasteiger partial charge on any atom is 0.333 e. The fraction of sp³-hybridized carbons (Fsp3) is 0.350. The zero-order valence-corrected chi connectivity index (χ0v) is 14.7. The van der Waals surface area contributed by atoms with Crippen molar-refractivity contribution in [2.24, 2.45) is 0 Å². The normalized spacial score (nSPS) is 11.8. The molecule has 1 atom stereocenters. The number of rotatable bonds is 7. The molecule has 0 N–H and O–H groups in total. The Labute approximate surface area is 143 Å². The van der Waals surface area contributed by atoms with Gasteiger partial charge in [-0.3, -0.25) is 0 Å². The van der Waals surface area contributed by atoms with Crippen LogP contribution in [0.1, 0.15) is 26.3 Å². The smallest absolute Gasteiger partial charge is 0.333 e. The lowest BCUT2D eigenvalue weighted by Gasteiger charge is -2.18. The third-order valence-electron chi connectivity index (χ3n) is 3.56. The summed E-state index contributed by atoms with van der Waals surface area (Å²) >= 11 is 0. The molecule has 1 unspecified atom stereocenters. The van der Waals surface area contributed by atoms with Gasteiger partial charge < -0.3 is 14.2 Å². The van der Waals surface area contributed by atoms with Crippen LogP contribution >= 0.6 is 0 Å². The molecule has 128 valence electrons. The summed E-state index contributed by atoms with van der Waals surface area (Å²) in [6, 6.07) is 9.93. The molecule has 0 aliphatic carbocycles. The highest BCUT2D eigenvalue weighted by atomic mass is 16.6. The van der Waals surface area contributed by atoms with E-state index in [4.69, 9.17) is 14.2 Å². The summed E-state index contributed by atoms with van der Waals surface area (Å²) in [4.78, 5) is 11.6. The van der Waals surface area contributed by atoms with Crippen LogP contribution in [0.3, 0.4) is 0 Å². The number of hydrogen-bond acceptors (Lipinski definition) is 4. The lowest BCUT2D eigenvalue weighted by Crippen LogP contribution is -2.22. The van der Waals surface area contributed by atoms with Gasteiger partial charge >= 0.3 is 5.97 Å². The van der Waals surface area contributed by atoms with Crippen LogP contribution in [-0.4, -0.2) is 25.3 Å². The molecule has 2 rings (SSSR count). The molecule has 24 heavy (non-hydrogen) atoms. The Morgan fingerprint density at radius 1 is 1.21 bits per heavy atom. The van der Waals surface area contributed by atoms with Crippen LogP contribution in [0.5, 0.6) is 11.5 Å². The van der Waals surface area contributed by atoms with Crippen molar-refractivity contribution in [3.8, 4) is 11.5 Å². The van der Waals surface area contributed by atoms with Crippen molar-refractivity contribution in [3.05, 3.63) is 48.0 Å². The highest BCUT2D eigenvalue weighted by Gasteiger charge is 2.15. The zero-order chi connectivity index (χ0) is 17.7. The average molecular weight is 328 g/mol. The van der Waals surface area contributed by atoms with Crippen molar-refractivity contribution in [2.45, 2.75) is 33.8 Å². The van der Waals surface area contributed by atoms with Gasteiger partial charge in [0, 0.05) is 16.3 Å². The third kappa shape index (κ3) is 4.07. The molecule has 0 heterocycles. The van der Waals surface area contributed by atoms with Gasteiger partial charge in [-0.2, -0.15) is 0 Å². The van der Waals surface area contributed by atoms with Crippen LogP contribution in [-0.2, 0) is 9.53 Å². The van der Waals surface area contributed by atoms with Crippen LogP contribution < -0.4 is 9.47 Å². The van der Waals surface area contributed by atoms with Gasteiger partial charge in [-0.25, -0.2) is 4.79 Å². The fourth-order valence-corrected chi connectivity index (χ4v) is 2.43. The Hall–Kier alpha value is -2.49. The molecule has 0 fully saturated rings. The predicted molar refractivity (Wildman–Crippen MR) is 95.7 cm³/mol. The first kappa shape index (κ1) is 17.9. The minimum atomic E-state index is -0.403. The van der Waals surface area contributed by atoms with Gasteiger partial charge in [0.25, 0.3) is 0 Å². The maximum atomic E-state index is 11.6. The first-order valence-electron chi connectivity index (χ1n) is 8.08. The highest BCUT2D eigenvalue weighted by molar-refractivity contribution is 5.94. The van der Waals surface area contributed by atoms with Crippen molar-refractivity contribution in [1.29, 1.82) is 0 Å². The van der Waals surface area contributed by atoms with Crippen molar-refractivity contribution in [3.63, 3.8) is 0 Å². The van der Waals surface area contributed by atoms with Crippen molar-refractivity contribution < 1.29 is 19.0 Å². The third-order valence-corrected chi connectivity index (χ3v) is 3.56. The van der Waals surface area contributed by atoms with E-state index < -0.39 is 5.97 Å². The van der Waals surface area contributed by atoms with Crippen molar-refractivity contribution in [2.75, 3.05) is 13.2 Å². The molecule has 0 radical (unpaired) electrons. The van der Waals surface area contributed by atoms with Crippen LogP contribution in [0.2, 0.25) is 0 Å². The molecule has 0 saturated carbocycles. The fourth-order valence-electron chi connectivity index (χ4n) is 2.43. The Balaban J connectivity index is 2.23. The number of carbonyl (C=O) groups is 1. The van der Waals surface area contributed by atoms with Gasteiger partial charge in [-0.1, -0.05) is 30.8 Å². The van der Waals surface area contributed by atoms with Gasteiger partial charge in [-0.15, -0.1) is 0 Å². The first-order valence-corrected chi connectivity index (χ1v) is 8.08. The second-order valence-corrected chi connectivity index (χ2v) is 5.81. The summed E-state index contributed by atoms with van der Waals surface area (Å²) in [7, 11) is 0. The number of fused-ring (bicyclic) bond motifs is 1. The predicted octanol–water partition coefficient (Wildman–Crippen LogP) is 4.43. The van der Waals surface area contributed by atoms with E-state index in [1.165, 1.54) is 0 Å². The van der Waals surface area contributed by atoms with Gasteiger partial charge in [0.2, 0.25) is 0 Å². The zero-order valence-electron chi connectivity index (χ0n) is 14.7. The molecule has 0 bridgehead atoms. The Bertz CT molecular complexity index is 749. The van der Waals surface area contributed by atoms with Gasteiger partial charge in [0.15, 0.2) is 0 Å². The molecule has 0 aliphatic heterocycles. The number of ether oxygens (including phenoxy) is 3. The van der Waals surface area contributed by atoms with E-state index in [0.29, 0.717) is 12.2 Å². The van der Waals surface area contributed by atoms with Crippen LogP contribution in [0.25, 0.3) is 10.8 Å². The Morgan fingerprint density at radius 2 is 1.88 bits per heavy atom. The van der Waals surface area contributed by atoms with E-state index in [9.17, 15) is 4.79 Å². The van der Waals surface area contributed by atoms with E-state index in [-0.39, 0.29) is 12.7 Å². The molecular formula is C20H24O4. The summed E-state index contributed by atoms with van der Waals surface area (Å²) in [6.45, 7) is 11.8. The summed E-state index contributed by atoms with van der Waals surface area (Å²) in [6.07, 6.45) is -0.362. The molecule has 0 spiro atoms. The number of esters is 1. The summed E-state index contributed by atoms with van der Waals surface area (Å²) in [5, 5.41) is 1.99. The monoisotopic (exact) mass is 328 g/mol. The molecule has 4 heteroatoms. The maximum absolute atomic E-state index is 11.6. The molecule has 0 aromatic heterocycles. The number of aryl methyl sites for hydroxylation is 1. The number of hydrogen-bond donors (Lipinski definition) is 0. The van der Waals surface area contributed by atoms with E-state index in [1.807, 2.05) is 44.2 Å². The second kappa shape index (κ2) is 7.86. The number of benzene rings is 2. The molecular weight excluding hydrogens is 304 g/mol. The topological polar surface area (TPSA) is 44.8 Å². The Morgan fingerprint density at radius 3 is 2.50 bits per heavy atom. The highest BCUT2D eigenvalue weighted by Crippen LogP contribution is 2.36. The lowest BCUT2D eigenvalue weighted by atomic mass is 10.0. The van der Waals surface area contributed by atoms with E-state index in [1.54, 1.807) is 13.8 Å². The minimum absolute atomic E-state index is 0.276. The molecule has 0 aliphatic rings. The van der Waals surface area contributed by atoms with E-state index in [2.05, 4.69) is 6.58 Å². The van der Waals surface area contributed by atoms with Crippen molar-refractivity contribution >= 4 is 16.7 Å². The van der Waals surface area contributed by atoms with Gasteiger partial charge in [-0.05, 0) is 39.3 Å². The summed E-state index contributed by atoms with van der Waals surface area (Å²) in [5.74, 6) is 1.23. The first-order chi connectivity index (χ1) is 11.4. The van der Waals surface area contributed by atoms with Crippen molar-refractivity contribution in [1.82, 2.24) is 0 Å². The average Bonchev–Trinajstić information content (AvgIpc) is 2.54. The largest absolute Gasteiger partial charge is 0.493 e. The quantitative estimate of drug-likeness (QED) is 0.557. The van der Waals surface area contributed by atoms with Crippen LogP contribution in [0, 0.1) is 6.92 Å². The standard InChI is InChI=1S/C20H24O4/c1-6-22-18-11-14(4)19(17-10-8-7-9-16(17)18)23-12-15(5)24-20(21)13(2)3/h7-11,15H,2,6,12H2,1,3-5H3. The van der Waals surface area contributed by atoms with Gasteiger partial charge in [0.05, 0.1) is 6.61 Å². The summed E-state index contributed by atoms with van der Waals surface area (Å²) in [5.41, 5.74) is 1.36. The molecule has 4 nitrogen and oxygen atoms in total. The lowest BCUT2D eigenvalue weighted by molar-refractivity contribution is -0.144. The minimum Gasteiger partial charge on any atom is -0.493 e. The Kier molecular flexibility index (Phi) is 5.85. The van der Waals surface area contributed by atoms with E-state index in [0.717, 1.165) is 27.8 Å². The van der Waals surface area contributed by atoms with Crippen LogP contribution in [0.15, 0.2) is 42.5 Å². The summed E-state index contributed by atoms with van der Waals surface area (Å²) < 4.78 is 16.9. The molecule has 2 aromatic rings. The van der Waals surface area contributed by atoms with Gasteiger partial charge in [0.1, 0.15) is 24.2 Å². The SMILES string of the molecule is C=C(C)C(=O)OC(C)COc1c(C)cc(OCC)c2ccccc12. The van der Waals surface area contributed by atoms with Crippen LogP contribution in [0.4, 0.5) is 0 Å².